The van der Waals surface area contributed by atoms with Crippen molar-refractivity contribution in [3.63, 3.8) is 0 Å². The van der Waals surface area contributed by atoms with E-state index in [4.69, 9.17) is 4.74 Å². The summed E-state index contributed by atoms with van der Waals surface area (Å²) >= 11 is 0. The van der Waals surface area contributed by atoms with Crippen molar-refractivity contribution >= 4 is 27.5 Å². The second-order valence-corrected chi connectivity index (χ2v) is 9.68. The molecule has 0 saturated carbocycles. The summed E-state index contributed by atoms with van der Waals surface area (Å²) in [5, 5.41) is 2.85. The van der Waals surface area contributed by atoms with Crippen LogP contribution >= 0.6 is 0 Å². The van der Waals surface area contributed by atoms with Crippen molar-refractivity contribution < 1.29 is 22.7 Å². The topological polar surface area (TPSA) is 96.0 Å². The van der Waals surface area contributed by atoms with Gasteiger partial charge in [-0.1, -0.05) is 55.8 Å². The molecule has 0 aromatic heterocycles. The molecule has 33 heavy (non-hydrogen) atoms. The molecule has 0 aliphatic heterocycles. The number of unbranched alkanes of at least 4 members (excludes halogenated alkanes) is 1. The third-order valence-electron chi connectivity index (χ3n) is 5.23. The van der Waals surface area contributed by atoms with Crippen molar-refractivity contribution in [1.82, 2.24) is 10.2 Å². The van der Waals surface area contributed by atoms with Gasteiger partial charge in [-0.15, -0.1) is 0 Å². The van der Waals surface area contributed by atoms with Crippen molar-refractivity contribution in [2.45, 2.75) is 39.3 Å². The Labute approximate surface area is 196 Å². The summed E-state index contributed by atoms with van der Waals surface area (Å²) in [6.45, 7) is 3.91. The van der Waals surface area contributed by atoms with Gasteiger partial charge in [-0.2, -0.15) is 0 Å². The second kappa shape index (κ2) is 12.2. The molecule has 0 spiro atoms. The largest absolute Gasteiger partial charge is 0.495 e. The van der Waals surface area contributed by atoms with E-state index in [0.29, 0.717) is 12.3 Å². The number of ether oxygens (including phenoxy) is 1. The Balaban J connectivity index is 2.35. The van der Waals surface area contributed by atoms with E-state index in [1.807, 2.05) is 37.3 Å². The summed E-state index contributed by atoms with van der Waals surface area (Å²) < 4.78 is 31.5. The predicted octanol–water partition coefficient (Wildman–Crippen LogP) is 2.79. The predicted molar refractivity (Wildman–Crippen MR) is 130 cm³/mol. The molecule has 0 radical (unpaired) electrons. The number of para-hydroxylation sites is 2. The van der Waals surface area contributed by atoms with Crippen LogP contribution in [0.3, 0.4) is 0 Å². The third kappa shape index (κ3) is 7.49. The minimum atomic E-state index is -3.81. The average Bonchev–Trinajstić information content (AvgIpc) is 2.80. The Bertz CT molecular complexity index is 1030. The van der Waals surface area contributed by atoms with Crippen LogP contribution in [0.1, 0.15) is 32.3 Å². The van der Waals surface area contributed by atoms with Gasteiger partial charge in [-0.3, -0.25) is 13.9 Å². The molecule has 0 heterocycles. The first-order valence-electron chi connectivity index (χ1n) is 10.9. The molecule has 0 fully saturated rings. The van der Waals surface area contributed by atoms with Gasteiger partial charge in [0.05, 0.1) is 19.1 Å². The first-order chi connectivity index (χ1) is 15.7. The molecule has 2 aromatic rings. The molecule has 0 bridgehead atoms. The maximum Gasteiger partial charge on any atom is 0.244 e. The molecule has 2 amide bonds. The van der Waals surface area contributed by atoms with Gasteiger partial charge in [0.1, 0.15) is 18.3 Å². The van der Waals surface area contributed by atoms with E-state index in [1.165, 1.54) is 12.0 Å². The monoisotopic (exact) mass is 475 g/mol. The van der Waals surface area contributed by atoms with Crippen LogP contribution in [0.15, 0.2) is 54.6 Å². The van der Waals surface area contributed by atoms with Crippen molar-refractivity contribution in [3.8, 4) is 5.75 Å². The average molecular weight is 476 g/mol. The van der Waals surface area contributed by atoms with Crippen LogP contribution in [0.4, 0.5) is 5.69 Å². The highest BCUT2D eigenvalue weighted by atomic mass is 32.2. The summed E-state index contributed by atoms with van der Waals surface area (Å²) in [5.41, 5.74) is 1.10. The maximum absolute atomic E-state index is 13.5. The Morgan fingerprint density at radius 3 is 2.30 bits per heavy atom. The highest BCUT2D eigenvalue weighted by Gasteiger charge is 2.30. The van der Waals surface area contributed by atoms with Gasteiger partial charge < -0.3 is 15.0 Å². The van der Waals surface area contributed by atoms with E-state index in [2.05, 4.69) is 5.32 Å². The first-order valence-corrected chi connectivity index (χ1v) is 12.8. The summed E-state index contributed by atoms with van der Waals surface area (Å²) in [6, 6.07) is 15.1. The summed E-state index contributed by atoms with van der Waals surface area (Å²) in [7, 11) is -2.37. The van der Waals surface area contributed by atoms with Crippen LogP contribution < -0.4 is 14.4 Å². The van der Waals surface area contributed by atoms with Gasteiger partial charge in [0.2, 0.25) is 21.8 Å². The first kappa shape index (κ1) is 26.2. The normalized spacial score (nSPS) is 12.0. The Morgan fingerprint density at radius 2 is 1.70 bits per heavy atom. The summed E-state index contributed by atoms with van der Waals surface area (Å²) in [6.07, 6.45) is 2.80. The molecule has 1 unspecified atom stereocenters. The highest BCUT2D eigenvalue weighted by Crippen LogP contribution is 2.29. The number of methoxy groups -OCH3 is 1. The van der Waals surface area contributed by atoms with Crippen LogP contribution in [0, 0.1) is 0 Å². The fourth-order valence-electron chi connectivity index (χ4n) is 3.33. The van der Waals surface area contributed by atoms with Crippen LogP contribution in [-0.4, -0.2) is 57.6 Å². The zero-order chi connectivity index (χ0) is 24.4. The van der Waals surface area contributed by atoms with Gasteiger partial charge in [0.15, 0.2) is 0 Å². The van der Waals surface area contributed by atoms with Crippen molar-refractivity contribution in [3.05, 3.63) is 60.2 Å². The van der Waals surface area contributed by atoms with Crippen molar-refractivity contribution in [2.24, 2.45) is 0 Å². The molecule has 0 saturated heterocycles. The van der Waals surface area contributed by atoms with Crippen LogP contribution in [-0.2, 0) is 26.2 Å². The lowest BCUT2D eigenvalue weighted by molar-refractivity contribution is -0.139. The number of carbonyl (C=O) groups is 2. The van der Waals surface area contributed by atoms with Crippen LogP contribution in [0.25, 0.3) is 0 Å². The number of nitrogens with one attached hydrogen (secondary N) is 1. The number of hydrogen-bond acceptors (Lipinski definition) is 5. The molecule has 1 atom stereocenters. The summed E-state index contributed by atoms with van der Waals surface area (Å²) in [4.78, 5) is 27.6. The van der Waals surface area contributed by atoms with Crippen LogP contribution in [0.2, 0.25) is 0 Å². The molecule has 0 aliphatic carbocycles. The molecule has 2 aromatic carbocycles. The highest BCUT2D eigenvalue weighted by molar-refractivity contribution is 7.92. The van der Waals surface area contributed by atoms with Crippen molar-refractivity contribution in [1.29, 1.82) is 0 Å². The third-order valence-corrected chi connectivity index (χ3v) is 6.35. The number of hydrogen-bond donors (Lipinski definition) is 1. The minimum Gasteiger partial charge on any atom is -0.495 e. The molecule has 9 heteroatoms. The van der Waals surface area contributed by atoms with Crippen LogP contribution in [0.5, 0.6) is 5.75 Å². The number of nitrogens with zero attached hydrogens (tertiary/aromatic N) is 2. The minimum absolute atomic E-state index is 0.172. The SMILES string of the molecule is CCCCNC(=O)C(C)N(Cc1ccccc1)C(=O)CN(c1ccccc1OC)S(C)(=O)=O. The fourth-order valence-corrected chi connectivity index (χ4v) is 4.18. The van der Waals surface area contributed by atoms with Crippen molar-refractivity contribution in [2.75, 3.05) is 30.8 Å². The number of carbonyl (C=O) groups excluding carboxylic acids is 2. The molecule has 2 rings (SSSR count). The molecular formula is C24H33N3O5S. The number of sulfonamides is 1. The number of benzene rings is 2. The fraction of sp³-hybridized carbons (Fsp3) is 0.417. The quantitative estimate of drug-likeness (QED) is 0.476. The van der Waals surface area contributed by atoms with E-state index >= 15 is 0 Å². The molecule has 8 nitrogen and oxygen atoms in total. The number of amides is 2. The lowest BCUT2D eigenvalue weighted by Gasteiger charge is -2.31. The number of rotatable bonds is 12. The number of anilines is 1. The van der Waals surface area contributed by atoms with E-state index in [0.717, 1.165) is 29.0 Å². The smallest absolute Gasteiger partial charge is 0.244 e. The van der Waals surface area contributed by atoms with E-state index in [9.17, 15) is 18.0 Å². The zero-order valence-corrected chi connectivity index (χ0v) is 20.5. The van der Waals surface area contributed by atoms with Gasteiger partial charge in [0.25, 0.3) is 0 Å². The molecular weight excluding hydrogens is 442 g/mol. The lowest BCUT2D eigenvalue weighted by Crippen LogP contribution is -2.51. The van der Waals surface area contributed by atoms with Gasteiger partial charge in [0, 0.05) is 13.1 Å². The maximum atomic E-state index is 13.5. The standard InChI is InChI=1S/C24H33N3O5S/c1-5-6-16-25-24(29)19(2)26(17-20-12-8-7-9-13-20)23(28)18-27(33(4,30)31)21-14-10-11-15-22(21)32-3/h7-15,19H,5-6,16-18H2,1-4H3,(H,25,29). The van der Waals surface area contributed by atoms with Gasteiger partial charge in [-0.05, 0) is 31.0 Å². The molecule has 1 N–H and O–H groups in total. The van der Waals surface area contributed by atoms with Gasteiger partial charge >= 0.3 is 0 Å². The van der Waals surface area contributed by atoms with E-state index in [1.54, 1.807) is 31.2 Å². The van der Waals surface area contributed by atoms with E-state index in [-0.39, 0.29) is 18.1 Å². The molecule has 180 valence electrons. The zero-order valence-electron chi connectivity index (χ0n) is 19.7. The lowest BCUT2D eigenvalue weighted by atomic mass is 10.1. The Kier molecular flexibility index (Phi) is 9.72. The van der Waals surface area contributed by atoms with Gasteiger partial charge in [-0.25, -0.2) is 8.42 Å². The van der Waals surface area contributed by atoms with E-state index < -0.39 is 28.5 Å². The Hall–Kier alpha value is -3.07. The summed E-state index contributed by atoms with van der Waals surface area (Å²) in [5.74, 6) is -0.444. The molecule has 0 aliphatic rings. The Morgan fingerprint density at radius 1 is 1.06 bits per heavy atom. The second-order valence-electron chi connectivity index (χ2n) is 7.77.